The highest BCUT2D eigenvalue weighted by molar-refractivity contribution is 7.13. The van der Waals surface area contributed by atoms with Crippen LogP contribution in [0, 0.1) is 5.92 Å². The monoisotopic (exact) mass is 371 g/mol. The molecule has 140 valence electrons. The third-order valence-electron chi connectivity index (χ3n) is 5.26. The van der Waals surface area contributed by atoms with Crippen LogP contribution in [-0.2, 0) is 17.6 Å². The van der Waals surface area contributed by atoms with Gasteiger partial charge in [-0.15, -0.1) is 11.3 Å². The van der Waals surface area contributed by atoms with Crippen LogP contribution in [0.1, 0.15) is 37.4 Å². The first-order valence-electron chi connectivity index (χ1n) is 9.65. The zero-order valence-corrected chi connectivity index (χ0v) is 16.6. The summed E-state index contributed by atoms with van der Waals surface area (Å²) in [6.07, 6.45) is 4.93. The number of hydrogen-bond acceptors (Lipinski definition) is 4. The van der Waals surface area contributed by atoms with Crippen LogP contribution >= 0.6 is 11.3 Å². The highest BCUT2D eigenvalue weighted by Gasteiger charge is 2.23. The van der Waals surface area contributed by atoms with Crippen LogP contribution < -0.4 is 5.32 Å². The van der Waals surface area contributed by atoms with Crippen molar-refractivity contribution in [1.29, 1.82) is 0 Å². The largest absolute Gasteiger partial charge is 0.342 e. The Morgan fingerprint density at radius 3 is 2.65 bits per heavy atom. The molecule has 0 aliphatic carbocycles. The van der Waals surface area contributed by atoms with Gasteiger partial charge in [0.25, 0.3) is 0 Å². The first-order chi connectivity index (χ1) is 12.7. The van der Waals surface area contributed by atoms with Gasteiger partial charge in [-0.25, -0.2) is 4.98 Å². The number of rotatable bonds is 7. The second kappa shape index (κ2) is 9.28. The van der Waals surface area contributed by atoms with Gasteiger partial charge in [-0.3, -0.25) is 4.79 Å². The third kappa shape index (κ3) is 4.92. The highest BCUT2D eigenvalue weighted by atomic mass is 32.1. The van der Waals surface area contributed by atoms with E-state index in [-0.39, 0.29) is 5.91 Å². The van der Waals surface area contributed by atoms with Gasteiger partial charge < -0.3 is 10.2 Å². The Morgan fingerprint density at radius 2 is 2.00 bits per heavy atom. The van der Waals surface area contributed by atoms with E-state index in [0.717, 1.165) is 61.1 Å². The van der Waals surface area contributed by atoms with E-state index in [1.54, 1.807) is 11.3 Å². The summed E-state index contributed by atoms with van der Waals surface area (Å²) in [4.78, 5) is 19.3. The summed E-state index contributed by atoms with van der Waals surface area (Å²) < 4.78 is 0. The van der Waals surface area contributed by atoms with Crippen LogP contribution in [0.15, 0.2) is 29.6 Å². The molecule has 1 fully saturated rings. The lowest BCUT2D eigenvalue weighted by Crippen LogP contribution is -2.39. The SMILES string of the molecule is CCc1ccc(-c2nc(CC(=O)N3CCC(CCNC)CC3)cs2)cc1. The molecule has 1 saturated heterocycles. The molecule has 0 radical (unpaired) electrons. The molecule has 3 rings (SSSR count). The van der Waals surface area contributed by atoms with Gasteiger partial charge in [-0.1, -0.05) is 31.2 Å². The number of thiazole rings is 1. The number of amides is 1. The molecule has 0 unspecified atom stereocenters. The van der Waals surface area contributed by atoms with E-state index in [9.17, 15) is 4.79 Å². The van der Waals surface area contributed by atoms with E-state index in [1.165, 1.54) is 12.0 Å². The van der Waals surface area contributed by atoms with Gasteiger partial charge in [0.05, 0.1) is 12.1 Å². The number of hydrogen-bond donors (Lipinski definition) is 1. The number of carbonyl (C=O) groups excluding carboxylic acids is 1. The average molecular weight is 372 g/mol. The van der Waals surface area contributed by atoms with Crippen LogP contribution in [0.5, 0.6) is 0 Å². The van der Waals surface area contributed by atoms with Gasteiger partial charge in [-0.05, 0) is 50.8 Å². The topological polar surface area (TPSA) is 45.2 Å². The van der Waals surface area contributed by atoms with Crippen molar-refractivity contribution < 1.29 is 4.79 Å². The molecule has 0 spiro atoms. The molecule has 2 aromatic rings. The molecular formula is C21H29N3OS. The Kier molecular flexibility index (Phi) is 6.80. The Hall–Kier alpha value is -1.72. The molecule has 26 heavy (non-hydrogen) atoms. The normalized spacial score (nSPS) is 15.4. The van der Waals surface area contributed by atoms with E-state index >= 15 is 0 Å². The van der Waals surface area contributed by atoms with E-state index in [2.05, 4.69) is 41.5 Å². The smallest absolute Gasteiger partial charge is 0.228 e. The minimum absolute atomic E-state index is 0.218. The zero-order chi connectivity index (χ0) is 18.4. The fourth-order valence-corrected chi connectivity index (χ4v) is 4.32. The second-order valence-electron chi connectivity index (χ2n) is 7.09. The maximum Gasteiger partial charge on any atom is 0.228 e. The number of aromatic nitrogens is 1. The number of aryl methyl sites for hydroxylation is 1. The van der Waals surface area contributed by atoms with Crippen molar-refractivity contribution in [2.45, 2.75) is 39.0 Å². The Morgan fingerprint density at radius 1 is 1.27 bits per heavy atom. The van der Waals surface area contributed by atoms with Gasteiger partial charge in [0, 0.05) is 24.0 Å². The van der Waals surface area contributed by atoms with Crippen LogP contribution in [0.4, 0.5) is 0 Å². The minimum Gasteiger partial charge on any atom is -0.342 e. The van der Waals surface area contributed by atoms with Crippen molar-refractivity contribution >= 4 is 17.2 Å². The summed E-state index contributed by atoms with van der Waals surface area (Å²) >= 11 is 1.63. The van der Waals surface area contributed by atoms with Gasteiger partial charge in [0.15, 0.2) is 0 Å². The maximum absolute atomic E-state index is 12.6. The molecule has 0 saturated carbocycles. The van der Waals surface area contributed by atoms with Crippen LogP contribution in [-0.4, -0.2) is 42.5 Å². The standard InChI is InChI=1S/C21H29N3OS/c1-3-16-4-6-18(7-5-16)21-23-19(15-26-21)14-20(25)24-12-9-17(10-13-24)8-11-22-2/h4-7,15,17,22H,3,8-14H2,1-2H3. The van der Waals surface area contributed by atoms with Gasteiger partial charge >= 0.3 is 0 Å². The fraction of sp³-hybridized carbons (Fsp3) is 0.524. The molecule has 1 N–H and O–H groups in total. The lowest BCUT2D eigenvalue weighted by Gasteiger charge is -2.32. The fourth-order valence-electron chi connectivity index (χ4n) is 3.49. The molecule has 0 bridgehead atoms. The quantitative estimate of drug-likeness (QED) is 0.806. The summed E-state index contributed by atoms with van der Waals surface area (Å²) in [6.45, 7) is 5.01. The third-order valence-corrected chi connectivity index (χ3v) is 6.20. The molecule has 2 heterocycles. The molecule has 1 aliphatic rings. The van der Waals surface area contributed by atoms with E-state index < -0.39 is 0 Å². The first-order valence-corrected chi connectivity index (χ1v) is 10.5. The van der Waals surface area contributed by atoms with Crippen molar-refractivity contribution in [2.24, 2.45) is 5.92 Å². The number of nitrogens with one attached hydrogen (secondary N) is 1. The maximum atomic E-state index is 12.6. The van der Waals surface area contributed by atoms with Gasteiger partial charge in [0.2, 0.25) is 5.91 Å². The number of benzene rings is 1. The summed E-state index contributed by atoms with van der Waals surface area (Å²) in [5.41, 5.74) is 3.36. The predicted molar refractivity (Wildman–Crippen MR) is 108 cm³/mol. The van der Waals surface area contributed by atoms with Crippen molar-refractivity contribution in [3.63, 3.8) is 0 Å². The molecule has 1 aromatic carbocycles. The molecule has 1 aromatic heterocycles. The number of nitrogens with zero attached hydrogens (tertiary/aromatic N) is 2. The first kappa shape index (κ1) is 19.1. The molecule has 1 amide bonds. The van der Waals surface area contributed by atoms with Crippen molar-refractivity contribution in [3.05, 3.63) is 40.9 Å². The molecular weight excluding hydrogens is 342 g/mol. The van der Waals surface area contributed by atoms with Crippen molar-refractivity contribution in [3.8, 4) is 10.6 Å². The van der Waals surface area contributed by atoms with Crippen molar-refractivity contribution in [1.82, 2.24) is 15.2 Å². The van der Waals surface area contributed by atoms with E-state index in [1.807, 2.05) is 17.3 Å². The minimum atomic E-state index is 0.218. The Balaban J connectivity index is 1.53. The summed E-state index contributed by atoms with van der Waals surface area (Å²) in [5.74, 6) is 0.971. The lowest BCUT2D eigenvalue weighted by molar-refractivity contribution is -0.131. The van der Waals surface area contributed by atoms with Crippen LogP contribution in [0.25, 0.3) is 10.6 Å². The van der Waals surface area contributed by atoms with Crippen molar-refractivity contribution in [2.75, 3.05) is 26.7 Å². The van der Waals surface area contributed by atoms with E-state index in [4.69, 9.17) is 0 Å². The lowest BCUT2D eigenvalue weighted by atomic mass is 9.93. The van der Waals surface area contributed by atoms with Gasteiger partial charge in [0.1, 0.15) is 5.01 Å². The number of likely N-dealkylation sites (tertiary alicyclic amines) is 1. The van der Waals surface area contributed by atoms with E-state index in [0.29, 0.717) is 6.42 Å². The zero-order valence-electron chi connectivity index (χ0n) is 15.8. The highest BCUT2D eigenvalue weighted by Crippen LogP contribution is 2.25. The summed E-state index contributed by atoms with van der Waals surface area (Å²) in [6, 6.07) is 8.55. The van der Waals surface area contributed by atoms with Crippen LogP contribution in [0.2, 0.25) is 0 Å². The summed E-state index contributed by atoms with van der Waals surface area (Å²) in [7, 11) is 2.00. The summed E-state index contributed by atoms with van der Waals surface area (Å²) in [5, 5.41) is 6.25. The number of piperidine rings is 1. The molecule has 0 atom stereocenters. The molecule has 5 heteroatoms. The Labute approximate surface area is 160 Å². The van der Waals surface area contributed by atoms with Crippen LogP contribution in [0.3, 0.4) is 0 Å². The van der Waals surface area contributed by atoms with Gasteiger partial charge in [-0.2, -0.15) is 0 Å². The Bertz CT molecular complexity index is 702. The molecule has 1 aliphatic heterocycles. The number of carbonyl (C=O) groups is 1. The second-order valence-corrected chi connectivity index (χ2v) is 7.95. The molecule has 4 nitrogen and oxygen atoms in total. The predicted octanol–water partition coefficient (Wildman–Crippen LogP) is 3.76. The average Bonchev–Trinajstić information content (AvgIpc) is 3.15.